The van der Waals surface area contributed by atoms with Crippen LogP contribution in [0.25, 0.3) is 0 Å². The van der Waals surface area contributed by atoms with E-state index in [0.717, 1.165) is 0 Å². The predicted molar refractivity (Wildman–Crippen MR) is 80.4 cm³/mol. The Kier molecular flexibility index (Phi) is 4.29. The van der Waals surface area contributed by atoms with Crippen molar-refractivity contribution in [2.75, 3.05) is 11.9 Å². The second-order valence-corrected chi connectivity index (χ2v) is 4.96. The standard InChI is InChI=1S/C15H10Cl2N2O/c1-19(14-5-3-2-4-10(14)9-18)15(20)12-7-6-11(16)8-13(12)17/h2-8H,1H3. The van der Waals surface area contributed by atoms with Crippen LogP contribution in [-0.2, 0) is 0 Å². The van der Waals surface area contributed by atoms with Crippen LogP contribution >= 0.6 is 23.2 Å². The zero-order chi connectivity index (χ0) is 14.7. The Labute approximate surface area is 127 Å². The van der Waals surface area contributed by atoms with Gasteiger partial charge in [-0.3, -0.25) is 4.79 Å². The van der Waals surface area contributed by atoms with Gasteiger partial charge >= 0.3 is 0 Å². The summed E-state index contributed by atoms with van der Waals surface area (Å²) in [4.78, 5) is 13.8. The van der Waals surface area contributed by atoms with E-state index in [9.17, 15) is 4.79 Å². The highest BCUT2D eigenvalue weighted by atomic mass is 35.5. The number of anilines is 1. The molecule has 0 aliphatic heterocycles. The van der Waals surface area contributed by atoms with Gasteiger partial charge in [-0.2, -0.15) is 5.26 Å². The average molecular weight is 305 g/mol. The number of carbonyl (C=O) groups excluding carboxylic acids is 1. The van der Waals surface area contributed by atoms with Crippen molar-refractivity contribution in [3.05, 3.63) is 63.6 Å². The van der Waals surface area contributed by atoms with Crippen molar-refractivity contribution in [1.29, 1.82) is 5.26 Å². The van der Waals surface area contributed by atoms with Gasteiger partial charge in [0.1, 0.15) is 6.07 Å². The van der Waals surface area contributed by atoms with Gasteiger partial charge in [0.15, 0.2) is 0 Å². The normalized spacial score (nSPS) is 9.90. The molecule has 0 atom stereocenters. The minimum absolute atomic E-state index is 0.281. The third-order valence-corrected chi connectivity index (χ3v) is 3.40. The minimum atomic E-state index is -0.297. The molecule has 5 heteroatoms. The van der Waals surface area contributed by atoms with E-state index in [-0.39, 0.29) is 10.9 Å². The van der Waals surface area contributed by atoms with Crippen molar-refractivity contribution in [2.24, 2.45) is 0 Å². The molecule has 0 unspecified atom stereocenters. The SMILES string of the molecule is CN(C(=O)c1ccc(Cl)cc1Cl)c1ccccc1C#N. The van der Waals surface area contributed by atoms with Crippen LogP contribution in [0, 0.1) is 11.3 Å². The summed E-state index contributed by atoms with van der Waals surface area (Å²) in [6, 6.07) is 13.6. The molecule has 0 heterocycles. The molecule has 1 amide bonds. The molecule has 3 nitrogen and oxygen atoms in total. The number of hydrogen-bond acceptors (Lipinski definition) is 2. The molecule has 0 bridgehead atoms. The fourth-order valence-electron chi connectivity index (χ4n) is 1.81. The van der Waals surface area contributed by atoms with Crippen LogP contribution in [0.15, 0.2) is 42.5 Å². The van der Waals surface area contributed by atoms with Crippen molar-refractivity contribution in [3.63, 3.8) is 0 Å². The van der Waals surface area contributed by atoms with E-state index >= 15 is 0 Å². The smallest absolute Gasteiger partial charge is 0.259 e. The molecule has 0 fully saturated rings. The Morgan fingerprint density at radius 3 is 2.55 bits per heavy atom. The summed E-state index contributed by atoms with van der Waals surface area (Å²) in [6.45, 7) is 0. The van der Waals surface area contributed by atoms with Crippen LogP contribution in [0.5, 0.6) is 0 Å². The summed E-state index contributed by atoms with van der Waals surface area (Å²) < 4.78 is 0. The molecule has 0 aromatic heterocycles. The summed E-state index contributed by atoms with van der Waals surface area (Å²) in [5.41, 5.74) is 1.30. The van der Waals surface area contributed by atoms with Crippen LogP contribution in [0.3, 0.4) is 0 Å². The number of benzene rings is 2. The van der Waals surface area contributed by atoms with Gasteiger partial charge in [0.05, 0.1) is 21.8 Å². The van der Waals surface area contributed by atoms with Gasteiger partial charge in [0.2, 0.25) is 0 Å². The summed E-state index contributed by atoms with van der Waals surface area (Å²) in [7, 11) is 1.60. The largest absolute Gasteiger partial charge is 0.310 e. The van der Waals surface area contributed by atoms with Gasteiger partial charge in [-0.25, -0.2) is 0 Å². The number of nitrogens with zero attached hydrogens (tertiary/aromatic N) is 2. The summed E-state index contributed by atoms with van der Waals surface area (Å²) in [5, 5.41) is 9.82. The van der Waals surface area contributed by atoms with Crippen LogP contribution < -0.4 is 4.90 Å². The first-order chi connectivity index (χ1) is 9.54. The molecular weight excluding hydrogens is 295 g/mol. The van der Waals surface area contributed by atoms with E-state index in [4.69, 9.17) is 28.5 Å². The number of nitriles is 1. The lowest BCUT2D eigenvalue weighted by atomic mass is 10.1. The van der Waals surface area contributed by atoms with Crippen LogP contribution in [0.2, 0.25) is 10.0 Å². The van der Waals surface area contributed by atoms with Crippen LogP contribution in [-0.4, -0.2) is 13.0 Å². The fourth-order valence-corrected chi connectivity index (χ4v) is 2.30. The number of amides is 1. The van der Waals surface area contributed by atoms with Gasteiger partial charge in [-0.05, 0) is 30.3 Å². The Bertz CT molecular complexity index is 707. The summed E-state index contributed by atoms with van der Waals surface area (Å²) >= 11 is 11.8. The lowest BCUT2D eigenvalue weighted by Gasteiger charge is -2.19. The number of hydrogen-bond donors (Lipinski definition) is 0. The molecule has 0 N–H and O–H groups in total. The molecule has 0 aliphatic carbocycles. The van der Waals surface area contributed by atoms with Gasteiger partial charge in [-0.15, -0.1) is 0 Å². The van der Waals surface area contributed by atoms with Crippen molar-refractivity contribution in [2.45, 2.75) is 0 Å². The first-order valence-corrected chi connectivity index (χ1v) is 6.52. The maximum Gasteiger partial charge on any atom is 0.259 e. The van der Waals surface area contributed by atoms with E-state index < -0.39 is 0 Å². The van der Waals surface area contributed by atoms with Crippen LogP contribution in [0.4, 0.5) is 5.69 Å². The second-order valence-electron chi connectivity index (χ2n) is 4.12. The Balaban J connectivity index is 2.41. The quantitative estimate of drug-likeness (QED) is 0.837. The summed E-state index contributed by atoms with van der Waals surface area (Å²) in [5.74, 6) is -0.297. The van der Waals surface area contributed by atoms with E-state index in [1.807, 2.05) is 0 Å². The topological polar surface area (TPSA) is 44.1 Å². The van der Waals surface area contributed by atoms with E-state index in [2.05, 4.69) is 6.07 Å². The van der Waals surface area contributed by atoms with Crippen molar-refractivity contribution >= 4 is 34.8 Å². The molecule has 100 valence electrons. The first kappa shape index (κ1) is 14.4. The van der Waals surface area contributed by atoms with Crippen molar-refractivity contribution in [3.8, 4) is 6.07 Å². The number of carbonyl (C=O) groups is 1. The van der Waals surface area contributed by atoms with Crippen LogP contribution in [0.1, 0.15) is 15.9 Å². The average Bonchev–Trinajstić information content (AvgIpc) is 2.45. The Morgan fingerprint density at radius 1 is 1.20 bits per heavy atom. The highest BCUT2D eigenvalue weighted by Crippen LogP contribution is 2.25. The number of halogens is 2. The van der Waals surface area contributed by atoms with E-state index in [0.29, 0.717) is 21.8 Å². The minimum Gasteiger partial charge on any atom is -0.310 e. The third-order valence-electron chi connectivity index (χ3n) is 2.85. The van der Waals surface area contributed by atoms with Crippen molar-refractivity contribution < 1.29 is 4.79 Å². The number of rotatable bonds is 2. The van der Waals surface area contributed by atoms with Crippen molar-refractivity contribution in [1.82, 2.24) is 0 Å². The van der Waals surface area contributed by atoms with E-state index in [1.54, 1.807) is 43.4 Å². The molecule has 2 aromatic carbocycles. The molecular formula is C15H10Cl2N2O. The molecule has 20 heavy (non-hydrogen) atoms. The highest BCUT2D eigenvalue weighted by molar-refractivity contribution is 6.37. The lowest BCUT2D eigenvalue weighted by Crippen LogP contribution is -2.27. The molecule has 0 aliphatic rings. The maximum absolute atomic E-state index is 12.4. The summed E-state index contributed by atoms with van der Waals surface area (Å²) in [6.07, 6.45) is 0. The molecule has 0 saturated carbocycles. The zero-order valence-corrected chi connectivity index (χ0v) is 12.1. The van der Waals surface area contributed by atoms with E-state index in [1.165, 1.54) is 11.0 Å². The Morgan fingerprint density at radius 2 is 1.90 bits per heavy atom. The molecule has 0 radical (unpaired) electrons. The predicted octanol–water partition coefficient (Wildman–Crippen LogP) is 4.14. The van der Waals surface area contributed by atoms with Gasteiger partial charge in [-0.1, -0.05) is 35.3 Å². The first-order valence-electron chi connectivity index (χ1n) is 5.77. The lowest BCUT2D eigenvalue weighted by molar-refractivity contribution is 0.0993. The maximum atomic E-state index is 12.4. The van der Waals surface area contributed by atoms with Gasteiger partial charge in [0.25, 0.3) is 5.91 Å². The molecule has 0 saturated heterocycles. The molecule has 2 rings (SSSR count). The second kappa shape index (κ2) is 5.96. The Hall–Kier alpha value is -2.02. The number of para-hydroxylation sites is 1. The molecule has 2 aromatic rings. The third kappa shape index (κ3) is 2.77. The zero-order valence-electron chi connectivity index (χ0n) is 10.6. The molecule has 0 spiro atoms. The van der Waals surface area contributed by atoms with Gasteiger partial charge < -0.3 is 4.90 Å². The fraction of sp³-hybridized carbons (Fsp3) is 0.0667. The monoisotopic (exact) mass is 304 g/mol. The van der Waals surface area contributed by atoms with Gasteiger partial charge in [0, 0.05) is 12.1 Å². The highest BCUT2D eigenvalue weighted by Gasteiger charge is 2.18.